The highest BCUT2D eigenvalue weighted by atomic mass is 15.3. The van der Waals surface area contributed by atoms with Gasteiger partial charge < -0.3 is 10.2 Å². The van der Waals surface area contributed by atoms with Gasteiger partial charge in [0.05, 0.1) is 0 Å². The van der Waals surface area contributed by atoms with Crippen LogP contribution < -0.4 is 5.32 Å². The molecule has 3 heteroatoms. The Hall–Kier alpha value is -0.120. The van der Waals surface area contributed by atoms with Gasteiger partial charge in [0.1, 0.15) is 0 Å². The summed E-state index contributed by atoms with van der Waals surface area (Å²) in [6, 6.07) is 0.696. The summed E-state index contributed by atoms with van der Waals surface area (Å²) in [5.74, 6) is 0. The lowest BCUT2D eigenvalue weighted by atomic mass is 9.84. The minimum absolute atomic E-state index is 0.424. The number of nitrogens with zero attached hydrogens (tertiary/aromatic N) is 2. The van der Waals surface area contributed by atoms with Crippen LogP contribution in [0.2, 0.25) is 0 Å². The molecule has 17 heavy (non-hydrogen) atoms. The summed E-state index contributed by atoms with van der Waals surface area (Å²) < 4.78 is 0. The molecule has 0 aromatic rings. The van der Waals surface area contributed by atoms with E-state index in [1.54, 1.807) is 0 Å². The molecule has 1 aliphatic rings. The first kappa shape index (κ1) is 14.9. The fourth-order valence-electron chi connectivity index (χ4n) is 3.16. The zero-order chi connectivity index (χ0) is 12.9. The van der Waals surface area contributed by atoms with Gasteiger partial charge in [-0.3, -0.25) is 4.90 Å². The second-order valence-corrected chi connectivity index (χ2v) is 6.17. The van der Waals surface area contributed by atoms with E-state index in [9.17, 15) is 0 Å². The monoisotopic (exact) mass is 241 g/mol. The molecule has 2 atom stereocenters. The van der Waals surface area contributed by atoms with Gasteiger partial charge in [-0.15, -0.1) is 0 Å². The SMILES string of the molecule is CCCC(C)(CNC)CN1CCN(C)CC1C. The highest BCUT2D eigenvalue weighted by Crippen LogP contribution is 2.25. The van der Waals surface area contributed by atoms with Crippen molar-refractivity contribution in [3.8, 4) is 0 Å². The topological polar surface area (TPSA) is 18.5 Å². The minimum atomic E-state index is 0.424. The quantitative estimate of drug-likeness (QED) is 0.763. The Labute approximate surface area is 108 Å². The summed E-state index contributed by atoms with van der Waals surface area (Å²) in [5, 5.41) is 3.37. The Morgan fingerprint density at radius 2 is 2.06 bits per heavy atom. The smallest absolute Gasteiger partial charge is 0.0195 e. The van der Waals surface area contributed by atoms with Gasteiger partial charge in [0.2, 0.25) is 0 Å². The highest BCUT2D eigenvalue weighted by molar-refractivity contribution is 4.85. The first-order chi connectivity index (χ1) is 8.00. The second kappa shape index (κ2) is 6.72. The normalized spacial score (nSPS) is 27.0. The third-order valence-corrected chi connectivity index (χ3v) is 4.01. The van der Waals surface area contributed by atoms with Crippen LogP contribution in [0, 0.1) is 5.41 Å². The largest absolute Gasteiger partial charge is 0.319 e. The molecule has 1 saturated heterocycles. The lowest BCUT2D eigenvalue weighted by Crippen LogP contribution is -2.54. The lowest BCUT2D eigenvalue weighted by molar-refractivity contribution is 0.0567. The van der Waals surface area contributed by atoms with E-state index in [1.165, 1.54) is 39.0 Å². The van der Waals surface area contributed by atoms with Crippen molar-refractivity contribution in [2.24, 2.45) is 5.41 Å². The Balaban J connectivity index is 2.54. The number of hydrogen-bond donors (Lipinski definition) is 1. The van der Waals surface area contributed by atoms with Crippen LogP contribution in [0.1, 0.15) is 33.6 Å². The van der Waals surface area contributed by atoms with E-state index in [2.05, 4.69) is 50.0 Å². The molecule has 0 aromatic carbocycles. The van der Waals surface area contributed by atoms with Gasteiger partial charge in [0, 0.05) is 38.8 Å². The van der Waals surface area contributed by atoms with E-state index < -0.39 is 0 Å². The van der Waals surface area contributed by atoms with Crippen LogP contribution in [0.5, 0.6) is 0 Å². The van der Waals surface area contributed by atoms with Crippen LogP contribution in [0.4, 0.5) is 0 Å². The van der Waals surface area contributed by atoms with Crippen molar-refractivity contribution in [3.63, 3.8) is 0 Å². The number of nitrogens with one attached hydrogen (secondary N) is 1. The van der Waals surface area contributed by atoms with Gasteiger partial charge in [-0.25, -0.2) is 0 Å². The van der Waals surface area contributed by atoms with Crippen molar-refractivity contribution in [3.05, 3.63) is 0 Å². The molecular formula is C14H31N3. The van der Waals surface area contributed by atoms with Crippen molar-refractivity contribution >= 4 is 0 Å². The zero-order valence-corrected chi connectivity index (χ0v) is 12.4. The molecular weight excluding hydrogens is 210 g/mol. The Kier molecular flexibility index (Phi) is 5.90. The summed E-state index contributed by atoms with van der Waals surface area (Å²) in [6.07, 6.45) is 2.59. The van der Waals surface area contributed by atoms with Crippen molar-refractivity contribution in [1.82, 2.24) is 15.1 Å². The summed E-state index contributed by atoms with van der Waals surface area (Å²) in [6.45, 7) is 13.1. The maximum absolute atomic E-state index is 3.37. The van der Waals surface area contributed by atoms with Gasteiger partial charge in [-0.05, 0) is 32.9 Å². The molecule has 102 valence electrons. The first-order valence-corrected chi connectivity index (χ1v) is 7.08. The fourth-order valence-corrected chi connectivity index (χ4v) is 3.16. The van der Waals surface area contributed by atoms with E-state index in [1.807, 2.05) is 0 Å². The standard InChI is InChI=1S/C14H31N3/c1-6-7-14(3,11-15-4)12-17-9-8-16(5)10-13(17)2/h13,15H,6-12H2,1-5H3. The van der Waals surface area contributed by atoms with E-state index in [-0.39, 0.29) is 0 Å². The molecule has 1 heterocycles. The van der Waals surface area contributed by atoms with Crippen molar-refractivity contribution in [2.75, 3.05) is 46.8 Å². The average Bonchev–Trinajstić information content (AvgIpc) is 2.23. The van der Waals surface area contributed by atoms with Gasteiger partial charge in [-0.2, -0.15) is 0 Å². The number of rotatable bonds is 6. The van der Waals surface area contributed by atoms with Crippen LogP contribution in [0.3, 0.4) is 0 Å². The van der Waals surface area contributed by atoms with Gasteiger partial charge >= 0.3 is 0 Å². The summed E-state index contributed by atoms with van der Waals surface area (Å²) in [7, 11) is 4.30. The van der Waals surface area contributed by atoms with Crippen LogP contribution >= 0.6 is 0 Å². The Bertz CT molecular complexity index is 212. The molecule has 2 unspecified atom stereocenters. The maximum atomic E-state index is 3.37. The molecule has 0 spiro atoms. The molecule has 0 aromatic heterocycles. The van der Waals surface area contributed by atoms with E-state index in [0.29, 0.717) is 11.5 Å². The number of likely N-dealkylation sites (N-methyl/N-ethyl adjacent to an activating group) is 1. The predicted octanol–water partition coefficient (Wildman–Crippen LogP) is 1.65. The zero-order valence-electron chi connectivity index (χ0n) is 12.4. The number of hydrogen-bond acceptors (Lipinski definition) is 3. The number of piperazine rings is 1. The molecule has 3 nitrogen and oxygen atoms in total. The van der Waals surface area contributed by atoms with E-state index >= 15 is 0 Å². The second-order valence-electron chi connectivity index (χ2n) is 6.17. The van der Waals surface area contributed by atoms with Crippen LogP contribution in [0.25, 0.3) is 0 Å². The summed E-state index contributed by atoms with van der Waals surface area (Å²) in [4.78, 5) is 5.11. The van der Waals surface area contributed by atoms with Crippen molar-refractivity contribution in [2.45, 2.75) is 39.7 Å². The molecule has 0 saturated carbocycles. The van der Waals surface area contributed by atoms with E-state index in [0.717, 1.165) is 6.54 Å². The lowest BCUT2D eigenvalue weighted by Gasteiger charge is -2.43. The van der Waals surface area contributed by atoms with Gasteiger partial charge in [-0.1, -0.05) is 20.3 Å². The summed E-state index contributed by atoms with van der Waals surface area (Å²) >= 11 is 0. The van der Waals surface area contributed by atoms with Crippen LogP contribution in [0.15, 0.2) is 0 Å². The van der Waals surface area contributed by atoms with Crippen molar-refractivity contribution in [1.29, 1.82) is 0 Å². The first-order valence-electron chi connectivity index (χ1n) is 7.08. The van der Waals surface area contributed by atoms with Crippen molar-refractivity contribution < 1.29 is 0 Å². The molecule has 1 fully saturated rings. The molecule has 0 aliphatic carbocycles. The Morgan fingerprint density at radius 1 is 1.35 bits per heavy atom. The Morgan fingerprint density at radius 3 is 2.59 bits per heavy atom. The average molecular weight is 241 g/mol. The fraction of sp³-hybridized carbons (Fsp3) is 1.00. The maximum Gasteiger partial charge on any atom is 0.0195 e. The van der Waals surface area contributed by atoms with Gasteiger partial charge in [0.15, 0.2) is 0 Å². The third-order valence-electron chi connectivity index (χ3n) is 4.01. The molecule has 0 amide bonds. The van der Waals surface area contributed by atoms with Crippen LogP contribution in [-0.4, -0.2) is 62.7 Å². The van der Waals surface area contributed by atoms with Crippen LogP contribution in [-0.2, 0) is 0 Å². The van der Waals surface area contributed by atoms with E-state index in [4.69, 9.17) is 0 Å². The molecule has 1 rings (SSSR count). The highest BCUT2D eigenvalue weighted by Gasteiger charge is 2.30. The predicted molar refractivity (Wildman–Crippen MR) is 75.5 cm³/mol. The molecule has 1 N–H and O–H groups in total. The minimum Gasteiger partial charge on any atom is -0.319 e. The third kappa shape index (κ3) is 4.57. The molecule has 0 radical (unpaired) electrons. The van der Waals surface area contributed by atoms with Gasteiger partial charge in [0.25, 0.3) is 0 Å². The molecule has 1 aliphatic heterocycles. The summed E-state index contributed by atoms with van der Waals surface area (Å²) in [5.41, 5.74) is 0.424. The molecule has 0 bridgehead atoms.